The molecule has 0 spiro atoms. The molecule has 0 amide bonds. The van der Waals surface area contributed by atoms with E-state index in [1.165, 1.54) is 12.1 Å². The van der Waals surface area contributed by atoms with Gasteiger partial charge in [0.15, 0.2) is 0 Å². The Hall–Kier alpha value is -3.55. The Labute approximate surface area is 189 Å². The molecular weight excluding hydrogens is 429 g/mol. The van der Waals surface area contributed by atoms with Gasteiger partial charge < -0.3 is 11.1 Å². The molecule has 4 rings (SSSR count). The molecule has 0 fully saturated rings. The van der Waals surface area contributed by atoms with Crippen LogP contribution in [0.15, 0.2) is 77.9 Å². The first-order chi connectivity index (χ1) is 15.5. The highest BCUT2D eigenvalue weighted by atomic mass is 35.5. The van der Waals surface area contributed by atoms with Crippen LogP contribution in [0.5, 0.6) is 0 Å². The molecule has 0 aliphatic carbocycles. The minimum atomic E-state index is -0.380. The average molecular weight is 450 g/mol. The lowest BCUT2D eigenvalue weighted by atomic mass is 10.0. The Balaban J connectivity index is 1.62. The molecule has 8 heteroatoms. The van der Waals surface area contributed by atoms with E-state index in [9.17, 15) is 9.18 Å². The summed E-state index contributed by atoms with van der Waals surface area (Å²) in [5, 5.41) is 3.78. The van der Waals surface area contributed by atoms with Gasteiger partial charge >= 0.3 is 0 Å². The zero-order valence-electron chi connectivity index (χ0n) is 17.1. The molecule has 2 heterocycles. The number of rotatable bonds is 7. The predicted molar refractivity (Wildman–Crippen MR) is 125 cm³/mol. The van der Waals surface area contributed by atoms with Gasteiger partial charge in [-0.15, -0.1) is 0 Å². The second-order valence-electron chi connectivity index (χ2n) is 7.32. The van der Waals surface area contributed by atoms with E-state index in [2.05, 4.69) is 20.3 Å². The van der Waals surface area contributed by atoms with Crippen LogP contribution in [0.3, 0.4) is 0 Å². The van der Waals surface area contributed by atoms with E-state index in [1.54, 1.807) is 36.7 Å². The number of halogens is 2. The van der Waals surface area contributed by atoms with Crippen LogP contribution in [0.1, 0.15) is 5.56 Å². The molecule has 162 valence electrons. The maximum atomic E-state index is 13.4. The standard InChI is InChI=1S/C24H21ClFN5O/c25-20-4-2-1-3-17(20)13-19(27)14-29-24-30-22(16-9-11-28-12-10-16)21(23(32)31-24)15-5-7-18(26)8-6-15/h1-12,19H,13-14,27H2,(H2,29,30,31,32). The SMILES string of the molecule is NC(CNc1nc(-c2ccncc2)c(-c2ccc(F)cc2)c(=O)[nH]1)Cc1ccccc1Cl. The van der Waals surface area contributed by atoms with E-state index < -0.39 is 0 Å². The van der Waals surface area contributed by atoms with E-state index in [-0.39, 0.29) is 17.4 Å². The van der Waals surface area contributed by atoms with Gasteiger partial charge in [-0.3, -0.25) is 14.8 Å². The molecule has 4 N–H and O–H groups in total. The molecule has 0 aliphatic heterocycles. The number of anilines is 1. The number of hydrogen-bond donors (Lipinski definition) is 3. The van der Waals surface area contributed by atoms with Gasteiger partial charge in [-0.05, 0) is 47.9 Å². The van der Waals surface area contributed by atoms with Crippen molar-refractivity contribution < 1.29 is 4.39 Å². The van der Waals surface area contributed by atoms with Crippen molar-refractivity contribution in [3.05, 3.63) is 99.8 Å². The Kier molecular flexibility index (Phi) is 6.58. The van der Waals surface area contributed by atoms with Gasteiger partial charge in [0.1, 0.15) is 5.82 Å². The molecule has 0 aliphatic rings. The van der Waals surface area contributed by atoms with Crippen molar-refractivity contribution in [2.24, 2.45) is 5.73 Å². The third-order valence-corrected chi connectivity index (χ3v) is 5.35. The molecule has 32 heavy (non-hydrogen) atoms. The average Bonchev–Trinajstić information content (AvgIpc) is 2.80. The van der Waals surface area contributed by atoms with Gasteiger partial charge in [-0.25, -0.2) is 9.37 Å². The Bertz CT molecular complexity index is 1260. The molecule has 1 atom stereocenters. The second kappa shape index (κ2) is 9.72. The summed E-state index contributed by atoms with van der Waals surface area (Å²) in [5.74, 6) is -0.0864. The number of benzene rings is 2. The number of hydrogen-bond acceptors (Lipinski definition) is 5. The zero-order chi connectivity index (χ0) is 22.5. The summed E-state index contributed by atoms with van der Waals surface area (Å²) >= 11 is 6.22. The summed E-state index contributed by atoms with van der Waals surface area (Å²) in [7, 11) is 0. The fourth-order valence-corrected chi connectivity index (χ4v) is 3.62. The lowest BCUT2D eigenvalue weighted by Crippen LogP contribution is -2.32. The van der Waals surface area contributed by atoms with Crippen molar-refractivity contribution in [1.82, 2.24) is 15.0 Å². The molecule has 0 bridgehead atoms. The Morgan fingerprint density at radius 1 is 1.03 bits per heavy atom. The first kappa shape index (κ1) is 21.7. The van der Waals surface area contributed by atoms with Gasteiger partial charge in [0.05, 0.1) is 11.3 Å². The summed E-state index contributed by atoms with van der Waals surface area (Å²) < 4.78 is 13.4. The molecule has 0 saturated carbocycles. The molecule has 1 unspecified atom stereocenters. The van der Waals surface area contributed by atoms with Crippen molar-refractivity contribution in [3.8, 4) is 22.4 Å². The van der Waals surface area contributed by atoms with Crippen LogP contribution in [-0.2, 0) is 6.42 Å². The maximum Gasteiger partial charge on any atom is 0.260 e. The maximum absolute atomic E-state index is 13.4. The summed E-state index contributed by atoms with van der Waals surface area (Å²) in [4.78, 5) is 24.4. The van der Waals surface area contributed by atoms with E-state index in [0.29, 0.717) is 46.3 Å². The molecule has 4 aromatic rings. The predicted octanol–water partition coefficient (Wildman–Crippen LogP) is 4.27. The summed E-state index contributed by atoms with van der Waals surface area (Å²) in [5.41, 5.74) is 8.96. The van der Waals surface area contributed by atoms with Crippen LogP contribution in [0.25, 0.3) is 22.4 Å². The van der Waals surface area contributed by atoms with Gasteiger partial charge in [-0.2, -0.15) is 0 Å². The molecular formula is C24H21ClFN5O. The quantitative estimate of drug-likeness (QED) is 0.391. The van der Waals surface area contributed by atoms with E-state index in [0.717, 1.165) is 5.56 Å². The van der Waals surface area contributed by atoms with Crippen LogP contribution >= 0.6 is 11.6 Å². The number of nitrogens with two attached hydrogens (primary N) is 1. The minimum Gasteiger partial charge on any atom is -0.354 e. The summed E-state index contributed by atoms with van der Waals surface area (Å²) in [6.07, 6.45) is 3.82. The van der Waals surface area contributed by atoms with Crippen molar-refractivity contribution in [3.63, 3.8) is 0 Å². The van der Waals surface area contributed by atoms with Crippen LogP contribution < -0.4 is 16.6 Å². The van der Waals surface area contributed by atoms with Gasteiger partial charge in [0, 0.05) is 35.6 Å². The number of pyridine rings is 1. The highest BCUT2D eigenvalue weighted by Crippen LogP contribution is 2.28. The third kappa shape index (κ3) is 5.01. The monoisotopic (exact) mass is 449 g/mol. The molecule has 2 aromatic carbocycles. The van der Waals surface area contributed by atoms with Gasteiger partial charge in [-0.1, -0.05) is 41.9 Å². The lowest BCUT2D eigenvalue weighted by molar-refractivity contribution is 0.628. The topological polar surface area (TPSA) is 96.7 Å². The van der Waals surface area contributed by atoms with Crippen LogP contribution in [0.2, 0.25) is 5.02 Å². The van der Waals surface area contributed by atoms with E-state index >= 15 is 0 Å². The van der Waals surface area contributed by atoms with Crippen LogP contribution in [0, 0.1) is 5.82 Å². The number of H-pyrrole nitrogens is 1. The zero-order valence-corrected chi connectivity index (χ0v) is 17.8. The fourth-order valence-electron chi connectivity index (χ4n) is 3.41. The van der Waals surface area contributed by atoms with Crippen LogP contribution in [-0.4, -0.2) is 27.5 Å². The second-order valence-corrected chi connectivity index (χ2v) is 7.72. The van der Waals surface area contributed by atoms with Crippen molar-refractivity contribution >= 4 is 17.5 Å². The van der Waals surface area contributed by atoms with Crippen molar-refractivity contribution in [2.75, 3.05) is 11.9 Å². The number of nitrogens with one attached hydrogen (secondary N) is 2. The summed E-state index contributed by atoms with van der Waals surface area (Å²) in [6.45, 7) is 0.375. The fraction of sp³-hybridized carbons (Fsp3) is 0.125. The molecule has 0 saturated heterocycles. The van der Waals surface area contributed by atoms with E-state index in [4.69, 9.17) is 17.3 Å². The largest absolute Gasteiger partial charge is 0.354 e. The Morgan fingerprint density at radius 2 is 1.75 bits per heavy atom. The highest BCUT2D eigenvalue weighted by molar-refractivity contribution is 6.31. The number of aromatic nitrogens is 3. The number of aromatic amines is 1. The molecule has 2 aromatic heterocycles. The van der Waals surface area contributed by atoms with Crippen LogP contribution in [0.4, 0.5) is 10.3 Å². The lowest BCUT2D eigenvalue weighted by Gasteiger charge is -2.16. The van der Waals surface area contributed by atoms with Crippen molar-refractivity contribution in [1.29, 1.82) is 0 Å². The minimum absolute atomic E-state index is 0.249. The first-order valence-electron chi connectivity index (χ1n) is 10.0. The smallest absolute Gasteiger partial charge is 0.260 e. The number of nitrogens with zero attached hydrogens (tertiary/aromatic N) is 2. The Morgan fingerprint density at radius 3 is 2.47 bits per heavy atom. The van der Waals surface area contributed by atoms with Crippen molar-refractivity contribution in [2.45, 2.75) is 12.5 Å². The molecule has 6 nitrogen and oxygen atoms in total. The third-order valence-electron chi connectivity index (χ3n) is 4.98. The first-order valence-corrected chi connectivity index (χ1v) is 10.4. The molecule has 0 radical (unpaired) electrons. The van der Waals surface area contributed by atoms with Gasteiger partial charge in [0.25, 0.3) is 5.56 Å². The summed E-state index contributed by atoms with van der Waals surface area (Å²) in [6, 6.07) is 16.5. The normalized spacial score (nSPS) is 11.8. The van der Waals surface area contributed by atoms with Gasteiger partial charge in [0.2, 0.25) is 5.95 Å². The highest BCUT2D eigenvalue weighted by Gasteiger charge is 2.16. The van der Waals surface area contributed by atoms with E-state index in [1.807, 2.05) is 24.3 Å².